The molecule has 0 spiro atoms. The molecule has 3 aromatic rings. The SMILES string of the molecule is CC(C)(C)NC[C@H](O)COc1nsnc1N1CCOCC1.NS(=O)(=O)c1cc2c(cc1C(F)(F)F)NC(Cc1ccccc1)NS2(=O)=O.O=C(O)/C=C\C(=O)O. The maximum absolute atomic E-state index is 13.3. The normalized spacial score (nSPS) is 17.3. The summed E-state index contributed by atoms with van der Waals surface area (Å²) in [4.78, 5) is 19.3. The van der Waals surface area contributed by atoms with Crippen molar-refractivity contribution in [2.24, 2.45) is 5.14 Å². The molecule has 0 amide bonds. The second kappa shape index (κ2) is 19.6. The monoisotopic (exact) mass is 853 g/mol. The number of nitrogens with one attached hydrogen (secondary N) is 3. The number of carboxylic acid groups (broad SMARTS) is 2. The number of morpholine rings is 1. The minimum atomic E-state index is -5.04. The Morgan fingerprint density at radius 2 is 1.71 bits per heavy atom. The maximum atomic E-state index is 13.3. The summed E-state index contributed by atoms with van der Waals surface area (Å²) in [7, 11) is -9.06. The van der Waals surface area contributed by atoms with Gasteiger partial charge >= 0.3 is 18.1 Å². The van der Waals surface area contributed by atoms with Crippen LogP contribution < -0.4 is 30.1 Å². The molecular weight excluding hydrogens is 812 g/mol. The first-order chi connectivity index (χ1) is 26.0. The van der Waals surface area contributed by atoms with E-state index in [1.165, 1.54) is 0 Å². The number of aliphatic hydroxyl groups is 1. The predicted molar refractivity (Wildman–Crippen MR) is 197 cm³/mol. The summed E-state index contributed by atoms with van der Waals surface area (Å²) in [5.74, 6) is -1.27. The molecule has 0 bridgehead atoms. The smallest absolute Gasteiger partial charge is 0.417 e. The Balaban J connectivity index is 0.000000257. The van der Waals surface area contributed by atoms with Crippen molar-refractivity contribution in [3.63, 3.8) is 0 Å². The van der Waals surface area contributed by atoms with Crippen LogP contribution in [0.1, 0.15) is 31.9 Å². The summed E-state index contributed by atoms with van der Waals surface area (Å²) in [6, 6.07) is 9.57. The van der Waals surface area contributed by atoms with Crippen LogP contribution in [0, 0.1) is 0 Å². The van der Waals surface area contributed by atoms with Gasteiger partial charge in [-0.15, -0.1) is 4.37 Å². The third-order valence-corrected chi connectivity index (χ3v) is 10.3. The fourth-order valence-electron chi connectivity index (χ4n) is 4.80. The molecule has 18 nitrogen and oxygen atoms in total. The highest BCUT2D eigenvalue weighted by molar-refractivity contribution is 7.90. The van der Waals surface area contributed by atoms with E-state index in [-0.39, 0.29) is 24.3 Å². The summed E-state index contributed by atoms with van der Waals surface area (Å²) < 4.78 is 109. The summed E-state index contributed by atoms with van der Waals surface area (Å²) >= 11 is 1.12. The number of primary sulfonamides is 1. The van der Waals surface area contributed by atoms with Crippen LogP contribution in [0.4, 0.5) is 24.7 Å². The third kappa shape index (κ3) is 14.9. The van der Waals surface area contributed by atoms with Crippen molar-refractivity contribution >= 4 is 55.2 Å². The Kier molecular flexibility index (Phi) is 16.1. The van der Waals surface area contributed by atoms with Gasteiger partial charge in [-0.05, 0) is 38.5 Å². The van der Waals surface area contributed by atoms with E-state index in [1.807, 2.05) is 0 Å². The van der Waals surface area contributed by atoms with Gasteiger partial charge < -0.3 is 40.3 Å². The molecule has 2 atom stereocenters. The average molecular weight is 854 g/mol. The third-order valence-electron chi connectivity index (χ3n) is 7.29. The second-order valence-electron chi connectivity index (χ2n) is 13.0. The Labute approximate surface area is 324 Å². The molecule has 310 valence electrons. The van der Waals surface area contributed by atoms with Crippen molar-refractivity contribution in [3.8, 4) is 5.88 Å². The summed E-state index contributed by atoms with van der Waals surface area (Å²) in [5.41, 5.74) is -1.16. The van der Waals surface area contributed by atoms with Gasteiger partial charge in [-0.25, -0.2) is 31.6 Å². The molecule has 1 unspecified atom stereocenters. The number of aliphatic hydroxyl groups excluding tert-OH is 1. The number of rotatable bonds is 11. The quantitative estimate of drug-likeness (QED) is 0.136. The first-order valence-electron chi connectivity index (χ1n) is 16.4. The van der Waals surface area contributed by atoms with Crippen molar-refractivity contribution in [2.75, 3.05) is 49.7 Å². The number of halogens is 3. The topological polar surface area (TPSA) is 273 Å². The van der Waals surface area contributed by atoms with Gasteiger partial charge in [-0.1, -0.05) is 30.3 Å². The van der Waals surface area contributed by atoms with E-state index < -0.39 is 65.8 Å². The second-order valence-corrected chi connectivity index (χ2v) is 16.7. The number of carboxylic acids is 2. The van der Waals surface area contributed by atoms with Gasteiger partial charge in [0.25, 0.3) is 5.88 Å². The summed E-state index contributed by atoms with van der Waals surface area (Å²) in [6.07, 6.45) is -5.25. The number of hydrogen-bond donors (Lipinski definition) is 7. The number of sulfonamides is 2. The summed E-state index contributed by atoms with van der Waals surface area (Å²) in [5, 5.41) is 36.3. The molecule has 0 radical (unpaired) electrons. The van der Waals surface area contributed by atoms with Crippen molar-refractivity contribution in [1.29, 1.82) is 0 Å². The van der Waals surface area contributed by atoms with Crippen molar-refractivity contribution in [3.05, 3.63) is 65.7 Å². The molecule has 2 aliphatic rings. The van der Waals surface area contributed by atoms with Crippen LogP contribution in [0.2, 0.25) is 0 Å². The number of hydrogen-bond acceptors (Lipinski definition) is 15. The number of β-amino-alcohol motifs (C(OH)–C–C–N with tert-alkyl or cyclic N) is 1. The van der Waals surface area contributed by atoms with Crippen LogP contribution in [0.25, 0.3) is 0 Å². The zero-order chi connectivity index (χ0) is 41.9. The molecule has 0 saturated carbocycles. The van der Waals surface area contributed by atoms with E-state index in [0.717, 1.165) is 36.2 Å². The molecule has 5 rings (SSSR count). The minimum Gasteiger partial charge on any atom is -0.478 e. The molecule has 2 aromatic carbocycles. The zero-order valence-electron chi connectivity index (χ0n) is 30.2. The van der Waals surface area contributed by atoms with Crippen LogP contribution in [-0.2, 0) is 47.0 Å². The Hall–Kier alpha value is -4.43. The molecule has 1 aromatic heterocycles. The Bertz CT molecular complexity index is 2020. The van der Waals surface area contributed by atoms with Gasteiger partial charge in [0, 0.05) is 43.7 Å². The molecule has 56 heavy (non-hydrogen) atoms. The van der Waals surface area contributed by atoms with Gasteiger partial charge in [-0.3, -0.25) is 0 Å². The largest absolute Gasteiger partial charge is 0.478 e. The molecule has 1 fully saturated rings. The maximum Gasteiger partial charge on any atom is 0.417 e. The number of carbonyl (C=O) groups is 2. The number of nitrogens with zero attached hydrogens (tertiary/aromatic N) is 3. The number of benzene rings is 2. The molecule has 8 N–H and O–H groups in total. The number of aliphatic carboxylic acids is 2. The van der Waals surface area contributed by atoms with Gasteiger partial charge in [-0.2, -0.15) is 22.3 Å². The highest BCUT2D eigenvalue weighted by atomic mass is 32.2. The van der Waals surface area contributed by atoms with Crippen molar-refractivity contribution < 1.29 is 64.4 Å². The van der Waals surface area contributed by atoms with Crippen LogP contribution in [0.5, 0.6) is 5.88 Å². The van der Waals surface area contributed by atoms with E-state index in [9.17, 15) is 44.7 Å². The minimum absolute atomic E-state index is 0.0257. The van der Waals surface area contributed by atoms with Gasteiger partial charge in [0.15, 0.2) is 0 Å². The Morgan fingerprint density at radius 1 is 1.11 bits per heavy atom. The lowest BCUT2D eigenvalue weighted by Crippen LogP contribution is -2.46. The summed E-state index contributed by atoms with van der Waals surface area (Å²) in [6.45, 7) is 9.81. The van der Waals surface area contributed by atoms with E-state index in [4.69, 9.17) is 24.8 Å². The van der Waals surface area contributed by atoms with E-state index in [2.05, 4.69) is 49.8 Å². The number of fused-ring (bicyclic) bond motifs is 1. The molecule has 24 heteroatoms. The van der Waals surface area contributed by atoms with Crippen LogP contribution >= 0.6 is 11.7 Å². The molecule has 2 aliphatic heterocycles. The average Bonchev–Trinajstić information content (AvgIpc) is 3.57. The lowest BCUT2D eigenvalue weighted by molar-refractivity contribution is -0.140. The fourth-order valence-corrected chi connectivity index (χ4v) is 7.48. The fraction of sp³-hybridized carbons (Fsp3) is 0.438. The first-order valence-corrected chi connectivity index (χ1v) is 20.2. The highest BCUT2D eigenvalue weighted by Crippen LogP contribution is 2.39. The van der Waals surface area contributed by atoms with Crippen LogP contribution in [0.15, 0.2) is 64.4 Å². The number of alkyl halides is 3. The molecular formula is C32H42F3N7O11S3. The predicted octanol–water partition coefficient (Wildman–Crippen LogP) is 1.84. The zero-order valence-corrected chi connectivity index (χ0v) is 32.6. The Morgan fingerprint density at radius 3 is 2.25 bits per heavy atom. The van der Waals surface area contributed by atoms with Crippen LogP contribution in [-0.4, -0.2) is 110 Å². The highest BCUT2D eigenvalue weighted by Gasteiger charge is 2.40. The standard InChI is InChI=1S/C15H14F3N3O4S2.C13H24N4O3S.C4H4O4/c16-15(17,18)10-7-11-13(8-12(10)26(19,22)23)27(24,25)21-14(20-11)6-9-4-2-1-3-5-9;1-13(2,3)14-8-10(18)9-20-12-11(15-21-16-12)17-4-6-19-7-5-17;5-3(6)1-2-4(7)8/h1-5,7-8,14,20-21H,6H2,(H2,19,22,23);10,14,18H,4-9H2,1-3H3;1-2H,(H,5,6)(H,7,8)/b;;2-1-/t;10-;/m.0./s1. The molecule has 3 heterocycles. The van der Waals surface area contributed by atoms with Crippen LogP contribution in [0.3, 0.4) is 0 Å². The van der Waals surface area contributed by atoms with Gasteiger partial charge in [0.2, 0.25) is 25.9 Å². The van der Waals surface area contributed by atoms with E-state index >= 15 is 0 Å². The van der Waals surface area contributed by atoms with E-state index in [0.29, 0.717) is 49.9 Å². The first kappa shape index (κ1) is 46.0. The van der Waals surface area contributed by atoms with E-state index in [1.54, 1.807) is 30.3 Å². The molecule has 1 saturated heterocycles. The molecule has 0 aliphatic carbocycles. The number of ether oxygens (including phenoxy) is 2. The van der Waals surface area contributed by atoms with Crippen molar-refractivity contribution in [1.82, 2.24) is 18.8 Å². The number of anilines is 2. The number of aromatic nitrogens is 2. The number of nitrogens with two attached hydrogens (primary N) is 1. The van der Waals surface area contributed by atoms with Gasteiger partial charge in [0.05, 0.1) is 47.3 Å². The lowest BCUT2D eigenvalue weighted by Gasteiger charge is -2.29. The van der Waals surface area contributed by atoms with Crippen molar-refractivity contribution in [2.45, 2.75) is 61.0 Å². The lowest BCUT2D eigenvalue weighted by atomic mass is 10.1. The van der Waals surface area contributed by atoms with Gasteiger partial charge in [0.1, 0.15) is 17.6 Å².